The average Bonchev–Trinajstić information content (AvgIpc) is 3.29. The first kappa shape index (κ1) is 22.0. The fraction of sp³-hybridized carbons (Fsp3) is 0.750. The molecule has 35 heavy (non-hydrogen) atoms. The van der Waals surface area contributed by atoms with E-state index in [4.69, 9.17) is 5.10 Å². The molecule has 0 aromatic carbocycles. The molecule has 0 bridgehead atoms. The van der Waals surface area contributed by atoms with Crippen molar-refractivity contribution in [3.63, 3.8) is 0 Å². The van der Waals surface area contributed by atoms with Crippen molar-refractivity contribution in [3.8, 4) is 0 Å². The lowest BCUT2D eigenvalue weighted by atomic mass is 9.60. The average molecular weight is 499 g/mol. The van der Waals surface area contributed by atoms with Crippen LogP contribution in [0.25, 0.3) is 0 Å². The Morgan fingerprint density at radius 3 is 2.34 bits per heavy atom. The lowest BCUT2D eigenvalue weighted by molar-refractivity contribution is -0.120. The normalized spacial score (nSPS) is 25.3. The van der Waals surface area contributed by atoms with Gasteiger partial charge < -0.3 is 14.4 Å². The van der Waals surface area contributed by atoms with Crippen LogP contribution in [-0.2, 0) is 18.2 Å². The third kappa shape index (κ3) is 3.58. The summed E-state index contributed by atoms with van der Waals surface area (Å²) < 4.78 is 16.5. The Morgan fingerprint density at radius 2 is 1.71 bits per heavy atom. The Kier molecular flexibility index (Phi) is 4.53. The third-order valence-electron chi connectivity index (χ3n) is 8.94. The van der Waals surface area contributed by atoms with E-state index in [1.807, 2.05) is 41.2 Å². The van der Waals surface area contributed by atoms with Gasteiger partial charge in [-0.05, 0) is 39.0 Å². The first-order chi connectivity index (χ1) is 16.6. The van der Waals surface area contributed by atoms with Gasteiger partial charge in [0, 0.05) is 69.6 Å². The van der Waals surface area contributed by atoms with E-state index in [-0.39, 0.29) is 11.4 Å². The molecule has 2 aromatic rings. The molecular weight excluding hydrogens is 463 g/mol. The van der Waals surface area contributed by atoms with Gasteiger partial charge in [0.25, 0.3) is 0 Å². The van der Waals surface area contributed by atoms with Crippen molar-refractivity contribution in [1.82, 2.24) is 39.2 Å². The van der Waals surface area contributed by atoms with Crippen LogP contribution in [0.5, 0.6) is 0 Å². The Hall–Kier alpha value is -2.19. The van der Waals surface area contributed by atoms with Crippen LogP contribution < -0.4 is 5.30 Å². The van der Waals surface area contributed by atoms with Gasteiger partial charge in [-0.2, -0.15) is 10.2 Å². The summed E-state index contributed by atoms with van der Waals surface area (Å²) in [6, 6.07) is 0.668. The van der Waals surface area contributed by atoms with Crippen LogP contribution >= 0.6 is 7.14 Å². The maximum atomic E-state index is 13.0. The molecule has 3 aliphatic heterocycles. The van der Waals surface area contributed by atoms with Gasteiger partial charge in [-0.3, -0.25) is 9.58 Å². The number of aryl methyl sites for hydroxylation is 1. The van der Waals surface area contributed by atoms with E-state index in [0.717, 1.165) is 75.5 Å². The molecule has 0 atom stereocenters. The highest BCUT2D eigenvalue weighted by Gasteiger charge is 2.58. The molecule has 2 amide bonds. The maximum Gasteiger partial charge on any atom is 0.320 e. The predicted octanol–water partition coefficient (Wildman–Crippen LogP) is 1.71. The second-order valence-electron chi connectivity index (χ2n) is 12.5. The van der Waals surface area contributed by atoms with Crippen LogP contribution in [0, 0.1) is 10.8 Å². The van der Waals surface area contributed by atoms with Crippen molar-refractivity contribution in [2.75, 3.05) is 52.6 Å². The van der Waals surface area contributed by atoms with Crippen molar-refractivity contribution in [2.24, 2.45) is 17.9 Å². The monoisotopic (exact) mass is 498 g/mol. The minimum atomic E-state index is -2.34. The number of hydrogen-bond acceptors (Lipinski definition) is 6. The molecule has 5 heterocycles. The zero-order valence-electron chi connectivity index (χ0n) is 20.9. The molecule has 188 valence electrons. The topological polar surface area (TPSA) is 92.4 Å². The summed E-state index contributed by atoms with van der Waals surface area (Å²) in [5.41, 5.74) is 1.60. The summed E-state index contributed by atoms with van der Waals surface area (Å²) in [5.74, 6) is 1.62. The van der Waals surface area contributed by atoms with Crippen LogP contribution in [0.1, 0.15) is 49.2 Å². The predicted molar refractivity (Wildman–Crippen MR) is 131 cm³/mol. The van der Waals surface area contributed by atoms with Crippen molar-refractivity contribution in [3.05, 3.63) is 24.0 Å². The van der Waals surface area contributed by atoms with Gasteiger partial charge in [-0.25, -0.2) is 14.5 Å². The van der Waals surface area contributed by atoms with Crippen LogP contribution in [0.2, 0.25) is 0 Å². The van der Waals surface area contributed by atoms with Gasteiger partial charge in [-0.15, -0.1) is 0 Å². The molecule has 10 nitrogen and oxygen atoms in total. The van der Waals surface area contributed by atoms with Crippen LogP contribution in [0.4, 0.5) is 4.79 Å². The van der Waals surface area contributed by atoms with Crippen molar-refractivity contribution in [1.29, 1.82) is 0 Å². The summed E-state index contributed by atoms with van der Waals surface area (Å²) in [4.78, 5) is 24.0. The SMILES string of the molecule is Cn1ncc(P(C)(C)=O)c1CN1CC2(C1)CN(C(=O)N1CC3(CC(n4cnc(C5CC5)n4)C3)C1)C2. The lowest BCUT2D eigenvalue weighted by Crippen LogP contribution is -2.75. The van der Waals surface area contributed by atoms with Gasteiger partial charge in [0.15, 0.2) is 5.82 Å². The number of hydrogen-bond donors (Lipinski definition) is 0. The van der Waals surface area contributed by atoms with Crippen molar-refractivity contribution < 1.29 is 9.36 Å². The molecule has 0 radical (unpaired) electrons. The van der Waals surface area contributed by atoms with Gasteiger partial charge in [0.1, 0.15) is 13.5 Å². The van der Waals surface area contributed by atoms with E-state index < -0.39 is 7.14 Å². The summed E-state index contributed by atoms with van der Waals surface area (Å²) >= 11 is 0. The molecule has 2 saturated carbocycles. The third-order valence-corrected chi connectivity index (χ3v) is 10.5. The zero-order valence-corrected chi connectivity index (χ0v) is 21.8. The quantitative estimate of drug-likeness (QED) is 0.583. The maximum absolute atomic E-state index is 13.0. The molecule has 2 aromatic heterocycles. The zero-order chi connectivity index (χ0) is 24.2. The number of urea groups is 1. The number of aromatic nitrogens is 5. The minimum Gasteiger partial charge on any atom is -0.323 e. The van der Waals surface area contributed by atoms with Crippen molar-refractivity contribution in [2.45, 2.75) is 44.2 Å². The van der Waals surface area contributed by atoms with Gasteiger partial charge in [0.2, 0.25) is 0 Å². The molecular formula is C24H35N8O2P. The number of carbonyl (C=O) groups is 1. The van der Waals surface area contributed by atoms with E-state index in [2.05, 4.69) is 19.7 Å². The number of amides is 2. The summed E-state index contributed by atoms with van der Waals surface area (Å²) in [6.07, 6.45) is 8.36. The Morgan fingerprint density at radius 1 is 1.06 bits per heavy atom. The molecule has 3 saturated heterocycles. The summed E-state index contributed by atoms with van der Waals surface area (Å²) in [6.45, 7) is 9.87. The lowest BCUT2D eigenvalue weighted by Gasteiger charge is -2.63. The summed E-state index contributed by atoms with van der Waals surface area (Å²) in [5, 5.41) is 9.93. The van der Waals surface area contributed by atoms with E-state index in [1.165, 1.54) is 12.8 Å². The number of carbonyl (C=O) groups excluding carboxylic acids is 1. The molecule has 7 rings (SSSR count). The molecule has 5 aliphatic rings. The Balaban J connectivity index is 0.867. The van der Waals surface area contributed by atoms with Crippen LogP contribution in [0.15, 0.2) is 12.5 Å². The second-order valence-corrected chi connectivity index (χ2v) is 15.7. The van der Waals surface area contributed by atoms with E-state index >= 15 is 0 Å². The van der Waals surface area contributed by atoms with Gasteiger partial charge in [0.05, 0.1) is 23.2 Å². The number of likely N-dealkylation sites (tertiary alicyclic amines) is 3. The molecule has 2 aliphatic carbocycles. The van der Waals surface area contributed by atoms with Crippen molar-refractivity contribution >= 4 is 18.5 Å². The Bertz CT molecular complexity index is 1210. The van der Waals surface area contributed by atoms with E-state index in [9.17, 15) is 9.36 Å². The molecule has 11 heteroatoms. The van der Waals surface area contributed by atoms with Crippen LogP contribution in [-0.4, -0.2) is 97.9 Å². The second kappa shape index (κ2) is 7.19. The summed E-state index contributed by atoms with van der Waals surface area (Å²) in [7, 11) is -0.415. The molecule has 0 N–H and O–H groups in total. The number of rotatable bonds is 5. The first-order valence-corrected chi connectivity index (χ1v) is 15.5. The number of nitrogens with zero attached hydrogens (tertiary/aromatic N) is 8. The van der Waals surface area contributed by atoms with E-state index in [0.29, 0.717) is 17.4 Å². The standard InChI is InChI=1S/C24H35N8O2P/c1-28-19(20(8-26-28)35(2,3)34)9-29-10-24(11-29)14-31(15-24)22(33)30-12-23(13-30)6-18(7-23)32-16-25-21(27-32)17-4-5-17/h8,16-18H,4-7,9-15H2,1-3H3. The first-order valence-electron chi connectivity index (χ1n) is 12.9. The highest BCUT2D eigenvalue weighted by Crippen LogP contribution is 2.54. The Labute approximate surface area is 206 Å². The van der Waals surface area contributed by atoms with Gasteiger partial charge in [-0.1, -0.05) is 0 Å². The molecule has 0 unspecified atom stereocenters. The van der Waals surface area contributed by atoms with Gasteiger partial charge >= 0.3 is 6.03 Å². The molecule has 5 fully saturated rings. The largest absolute Gasteiger partial charge is 0.323 e. The fourth-order valence-corrected chi connectivity index (χ4v) is 8.05. The highest BCUT2D eigenvalue weighted by molar-refractivity contribution is 7.70. The van der Waals surface area contributed by atoms with Crippen LogP contribution in [0.3, 0.4) is 0 Å². The minimum absolute atomic E-state index is 0.215. The fourth-order valence-electron chi connectivity index (χ4n) is 6.89. The molecule has 2 spiro atoms. The van der Waals surface area contributed by atoms with E-state index in [1.54, 1.807) is 6.20 Å². The smallest absolute Gasteiger partial charge is 0.320 e. The highest BCUT2D eigenvalue weighted by atomic mass is 31.2.